The Morgan fingerprint density at radius 2 is 2.11 bits per heavy atom. The molecule has 0 saturated carbocycles. The fourth-order valence-electron chi connectivity index (χ4n) is 1.68. The Balaban J connectivity index is 2.04. The second-order valence-electron chi connectivity index (χ2n) is 3.83. The van der Waals surface area contributed by atoms with Gasteiger partial charge in [-0.05, 0) is 25.0 Å². The topological polar surface area (TPSA) is 47.0 Å². The van der Waals surface area contributed by atoms with E-state index in [1.807, 2.05) is 18.2 Å². The highest BCUT2D eigenvalue weighted by Gasteiger charge is 2.08. The molecule has 1 heterocycles. The van der Waals surface area contributed by atoms with Gasteiger partial charge in [0.25, 0.3) is 0 Å². The van der Waals surface area contributed by atoms with Crippen LogP contribution in [0.3, 0.4) is 0 Å². The van der Waals surface area contributed by atoms with E-state index >= 15 is 0 Å². The van der Waals surface area contributed by atoms with Gasteiger partial charge in [-0.15, -0.1) is 5.10 Å². The summed E-state index contributed by atoms with van der Waals surface area (Å²) in [5.41, 5.74) is 2.08. The normalized spacial score (nSPS) is 10.3. The van der Waals surface area contributed by atoms with Gasteiger partial charge in [-0.2, -0.15) is 0 Å². The van der Waals surface area contributed by atoms with Crippen molar-refractivity contribution >= 4 is 16.5 Å². The number of hydrogen-bond acceptors (Lipinski definition) is 5. The first-order valence-corrected chi connectivity index (χ1v) is 6.88. The highest BCUT2D eigenvalue weighted by atomic mass is 32.1. The summed E-state index contributed by atoms with van der Waals surface area (Å²) in [4.78, 5) is 0. The molecule has 0 atom stereocenters. The van der Waals surface area contributed by atoms with E-state index in [2.05, 4.69) is 34.8 Å². The van der Waals surface area contributed by atoms with E-state index in [-0.39, 0.29) is 0 Å². The Morgan fingerprint density at radius 1 is 1.28 bits per heavy atom. The highest BCUT2D eigenvalue weighted by Crippen LogP contribution is 2.22. The second-order valence-corrected chi connectivity index (χ2v) is 4.58. The van der Waals surface area contributed by atoms with Gasteiger partial charge in [0.05, 0.1) is 0 Å². The molecular formula is C13H17N3OS. The summed E-state index contributed by atoms with van der Waals surface area (Å²) in [6.07, 6.45) is 0.964. The van der Waals surface area contributed by atoms with Crippen LogP contribution in [0.4, 0.5) is 5.00 Å². The number of nitrogens with one attached hydrogen (secondary N) is 1. The maximum Gasteiger partial charge on any atom is 0.136 e. The number of nitrogens with zero attached hydrogens (tertiary/aromatic N) is 2. The quantitative estimate of drug-likeness (QED) is 0.870. The molecule has 2 aromatic rings. The largest absolute Gasteiger partial charge is 0.487 e. The molecule has 1 aromatic carbocycles. The lowest BCUT2D eigenvalue weighted by Gasteiger charge is -2.09. The van der Waals surface area contributed by atoms with Crippen LogP contribution >= 0.6 is 11.5 Å². The number of aryl methyl sites for hydroxylation is 1. The fourth-order valence-corrected chi connectivity index (χ4v) is 2.32. The van der Waals surface area contributed by atoms with Gasteiger partial charge in [-0.3, -0.25) is 0 Å². The molecule has 5 heteroatoms. The van der Waals surface area contributed by atoms with Crippen molar-refractivity contribution in [2.45, 2.75) is 26.9 Å². The number of para-hydroxylation sites is 1. The summed E-state index contributed by atoms with van der Waals surface area (Å²) in [7, 11) is 0. The zero-order valence-electron chi connectivity index (χ0n) is 10.6. The Hall–Kier alpha value is -1.62. The smallest absolute Gasteiger partial charge is 0.136 e. The molecule has 0 spiro atoms. The number of ether oxygens (including phenoxy) is 1. The molecule has 0 unspecified atom stereocenters. The summed E-state index contributed by atoms with van der Waals surface area (Å²) < 4.78 is 9.77. The molecule has 0 bridgehead atoms. The van der Waals surface area contributed by atoms with Gasteiger partial charge < -0.3 is 10.1 Å². The van der Waals surface area contributed by atoms with Crippen LogP contribution in [0, 0.1) is 0 Å². The van der Waals surface area contributed by atoms with E-state index < -0.39 is 0 Å². The van der Waals surface area contributed by atoms with Crippen LogP contribution in [-0.4, -0.2) is 16.1 Å². The van der Waals surface area contributed by atoms with Crippen molar-refractivity contribution in [1.82, 2.24) is 9.59 Å². The van der Waals surface area contributed by atoms with E-state index in [1.165, 1.54) is 17.1 Å². The lowest BCUT2D eigenvalue weighted by molar-refractivity contribution is 0.299. The van der Waals surface area contributed by atoms with Gasteiger partial charge in [0.15, 0.2) is 0 Å². The summed E-state index contributed by atoms with van der Waals surface area (Å²) in [5, 5.41) is 8.31. The third-order valence-corrected chi connectivity index (χ3v) is 3.34. The number of benzene rings is 1. The van der Waals surface area contributed by atoms with Crippen molar-refractivity contribution in [2.75, 3.05) is 11.9 Å². The highest BCUT2D eigenvalue weighted by molar-refractivity contribution is 7.10. The van der Waals surface area contributed by atoms with Crippen molar-refractivity contribution in [3.63, 3.8) is 0 Å². The Labute approximate surface area is 111 Å². The van der Waals surface area contributed by atoms with Crippen LogP contribution in [0.2, 0.25) is 0 Å². The van der Waals surface area contributed by atoms with Crippen molar-refractivity contribution < 1.29 is 4.74 Å². The molecule has 18 heavy (non-hydrogen) atoms. The Kier molecular flexibility index (Phi) is 4.52. The van der Waals surface area contributed by atoms with E-state index in [0.29, 0.717) is 6.61 Å². The van der Waals surface area contributed by atoms with Crippen molar-refractivity contribution in [3.05, 3.63) is 35.5 Å². The number of hydrogen-bond donors (Lipinski definition) is 1. The predicted octanol–water partition coefficient (Wildman–Crippen LogP) is 3.11. The van der Waals surface area contributed by atoms with E-state index in [0.717, 1.165) is 29.4 Å². The molecule has 1 N–H and O–H groups in total. The van der Waals surface area contributed by atoms with Crippen LogP contribution < -0.4 is 10.1 Å². The third kappa shape index (κ3) is 2.98. The van der Waals surface area contributed by atoms with Gasteiger partial charge in [-0.1, -0.05) is 29.6 Å². The second kappa shape index (κ2) is 6.35. The first kappa shape index (κ1) is 12.8. The predicted molar refractivity (Wildman–Crippen MR) is 74.2 cm³/mol. The molecule has 96 valence electrons. The van der Waals surface area contributed by atoms with Gasteiger partial charge in [0.2, 0.25) is 0 Å². The molecular weight excluding hydrogens is 246 g/mol. The fraction of sp³-hybridized carbons (Fsp3) is 0.385. The van der Waals surface area contributed by atoms with Crippen molar-refractivity contribution in [3.8, 4) is 5.75 Å². The standard InChI is InChI=1S/C13H17N3OS/c1-3-10-7-5-6-8-12(10)17-9-11-13(14-4-2)18-16-15-11/h5-8,14H,3-4,9H2,1-2H3. The third-order valence-electron chi connectivity index (χ3n) is 2.61. The molecule has 2 rings (SSSR count). The minimum atomic E-state index is 0.454. The van der Waals surface area contributed by atoms with Gasteiger partial charge in [0.1, 0.15) is 23.1 Å². The molecule has 0 aliphatic carbocycles. The lowest BCUT2D eigenvalue weighted by atomic mass is 10.1. The van der Waals surface area contributed by atoms with Gasteiger partial charge in [-0.25, -0.2) is 0 Å². The molecule has 1 aromatic heterocycles. The average Bonchev–Trinajstić information content (AvgIpc) is 2.84. The van der Waals surface area contributed by atoms with Crippen LogP contribution in [0.25, 0.3) is 0 Å². The number of rotatable bonds is 6. The molecule has 0 aliphatic rings. The zero-order chi connectivity index (χ0) is 12.8. The number of anilines is 1. The summed E-state index contributed by atoms with van der Waals surface area (Å²) in [6, 6.07) is 8.09. The summed E-state index contributed by atoms with van der Waals surface area (Å²) in [5.74, 6) is 0.926. The number of aromatic nitrogens is 2. The van der Waals surface area contributed by atoms with E-state index in [9.17, 15) is 0 Å². The van der Waals surface area contributed by atoms with Gasteiger partial charge in [0, 0.05) is 18.1 Å². The minimum absolute atomic E-state index is 0.454. The first-order chi connectivity index (χ1) is 8.85. The molecule has 4 nitrogen and oxygen atoms in total. The van der Waals surface area contributed by atoms with Gasteiger partial charge >= 0.3 is 0 Å². The molecule has 0 radical (unpaired) electrons. The van der Waals surface area contributed by atoms with Crippen LogP contribution in [-0.2, 0) is 13.0 Å². The maximum absolute atomic E-state index is 5.82. The lowest BCUT2D eigenvalue weighted by Crippen LogP contribution is -2.03. The van der Waals surface area contributed by atoms with Crippen molar-refractivity contribution in [2.24, 2.45) is 0 Å². The van der Waals surface area contributed by atoms with Crippen LogP contribution in [0.5, 0.6) is 5.75 Å². The molecule has 0 aliphatic heterocycles. The van der Waals surface area contributed by atoms with E-state index in [1.54, 1.807) is 0 Å². The first-order valence-electron chi connectivity index (χ1n) is 6.11. The summed E-state index contributed by atoms with van der Waals surface area (Å²) >= 11 is 1.37. The SMILES string of the molecule is CCNc1snnc1COc1ccccc1CC. The summed E-state index contributed by atoms with van der Waals surface area (Å²) in [6.45, 7) is 5.49. The van der Waals surface area contributed by atoms with Crippen LogP contribution in [0.15, 0.2) is 24.3 Å². The zero-order valence-corrected chi connectivity index (χ0v) is 11.5. The molecule has 0 fully saturated rings. The van der Waals surface area contributed by atoms with Crippen LogP contribution in [0.1, 0.15) is 25.1 Å². The van der Waals surface area contributed by atoms with E-state index in [4.69, 9.17) is 4.74 Å². The monoisotopic (exact) mass is 263 g/mol. The molecule has 0 saturated heterocycles. The maximum atomic E-state index is 5.82. The van der Waals surface area contributed by atoms with Crippen molar-refractivity contribution in [1.29, 1.82) is 0 Å². The molecule has 0 amide bonds. The average molecular weight is 263 g/mol. The Bertz CT molecular complexity index is 498. The minimum Gasteiger partial charge on any atom is -0.487 e. The Morgan fingerprint density at radius 3 is 2.89 bits per heavy atom.